The number of hydrogen-bond acceptors (Lipinski definition) is 4. The minimum absolute atomic E-state index is 0.138. The number of carbonyl (C=O) groups is 1. The number of aromatic nitrogens is 3. The summed E-state index contributed by atoms with van der Waals surface area (Å²) in [6.07, 6.45) is 5.58. The van der Waals surface area contributed by atoms with Crippen LogP contribution in [-0.4, -0.2) is 38.3 Å². The van der Waals surface area contributed by atoms with E-state index in [0.717, 1.165) is 36.4 Å². The van der Waals surface area contributed by atoms with E-state index in [9.17, 15) is 4.79 Å². The second-order valence-electron chi connectivity index (χ2n) is 6.79. The number of rotatable bonds is 5. The maximum absolute atomic E-state index is 12.9. The number of piperidine rings is 1. The predicted octanol–water partition coefficient (Wildman–Crippen LogP) is 2.55. The van der Waals surface area contributed by atoms with Crippen molar-refractivity contribution in [1.29, 1.82) is 0 Å². The molecular formula is C20H23N5O. The number of aromatic amines is 1. The SMILES string of the molecule is Cc1nccc(CN2CCCC(NCc3cccc4[nH]ccc34)C2=O)n1. The van der Waals surface area contributed by atoms with Crippen LogP contribution >= 0.6 is 0 Å². The molecule has 1 amide bonds. The van der Waals surface area contributed by atoms with Crippen LogP contribution in [0.15, 0.2) is 42.7 Å². The number of benzene rings is 1. The van der Waals surface area contributed by atoms with Crippen molar-refractivity contribution < 1.29 is 4.79 Å². The van der Waals surface area contributed by atoms with E-state index in [1.807, 2.05) is 30.2 Å². The first-order valence-electron chi connectivity index (χ1n) is 9.06. The molecule has 26 heavy (non-hydrogen) atoms. The highest BCUT2D eigenvalue weighted by molar-refractivity contribution is 5.84. The Hall–Kier alpha value is -2.73. The minimum atomic E-state index is -0.138. The molecule has 0 bridgehead atoms. The van der Waals surface area contributed by atoms with Crippen molar-refractivity contribution in [2.45, 2.75) is 38.9 Å². The molecule has 0 aliphatic carbocycles. The summed E-state index contributed by atoms with van der Waals surface area (Å²) < 4.78 is 0. The van der Waals surface area contributed by atoms with Crippen molar-refractivity contribution >= 4 is 16.8 Å². The summed E-state index contributed by atoms with van der Waals surface area (Å²) in [6.45, 7) is 3.89. The molecule has 1 aromatic carbocycles. The number of hydrogen-bond donors (Lipinski definition) is 2. The first-order chi connectivity index (χ1) is 12.7. The lowest BCUT2D eigenvalue weighted by Gasteiger charge is -2.32. The molecule has 134 valence electrons. The number of nitrogens with one attached hydrogen (secondary N) is 2. The molecule has 1 aliphatic heterocycles. The van der Waals surface area contributed by atoms with Crippen molar-refractivity contribution in [2.24, 2.45) is 0 Å². The average Bonchev–Trinajstić information content (AvgIpc) is 3.12. The summed E-state index contributed by atoms with van der Waals surface area (Å²) in [5, 5.41) is 4.66. The van der Waals surface area contributed by atoms with E-state index in [0.29, 0.717) is 13.1 Å². The number of carbonyl (C=O) groups excluding carboxylic acids is 1. The molecule has 1 aliphatic rings. The first kappa shape index (κ1) is 16.7. The summed E-state index contributed by atoms with van der Waals surface area (Å²) >= 11 is 0. The maximum atomic E-state index is 12.9. The van der Waals surface area contributed by atoms with Crippen molar-refractivity contribution in [2.75, 3.05) is 6.54 Å². The number of aryl methyl sites for hydroxylation is 1. The lowest BCUT2D eigenvalue weighted by Crippen LogP contribution is -2.50. The van der Waals surface area contributed by atoms with E-state index in [2.05, 4.69) is 38.5 Å². The molecule has 1 atom stereocenters. The van der Waals surface area contributed by atoms with Crippen LogP contribution in [0.5, 0.6) is 0 Å². The fraction of sp³-hybridized carbons (Fsp3) is 0.350. The third-order valence-corrected chi connectivity index (χ3v) is 4.94. The minimum Gasteiger partial charge on any atom is -0.361 e. The number of likely N-dealkylation sites (tertiary alicyclic amines) is 1. The van der Waals surface area contributed by atoms with Crippen LogP contribution in [-0.2, 0) is 17.9 Å². The van der Waals surface area contributed by atoms with Gasteiger partial charge in [-0.1, -0.05) is 12.1 Å². The van der Waals surface area contributed by atoms with Gasteiger partial charge in [-0.25, -0.2) is 9.97 Å². The molecule has 1 fully saturated rings. The van der Waals surface area contributed by atoms with Gasteiger partial charge in [0, 0.05) is 36.4 Å². The van der Waals surface area contributed by atoms with Crippen LogP contribution in [0.3, 0.4) is 0 Å². The maximum Gasteiger partial charge on any atom is 0.240 e. The molecule has 1 saturated heterocycles. The van der Waals surface area contributed by atoms with E-state index in [4.69, 9.17) is 0 Å². The fourth-order valence-electron chi connectivity index (χ4n) is 3.61. The highest BCUT2D eigenvalue weighted by Crippen LogP contribution is 2.19. The summed E-state index contributed by atoms with van der Waals surface area (Å²) in [6, 6.07) is 10.0. The summed E-state index contributed by atoms with van der Waals surface area (Å²) in [4.78, 5) is 26.5. The van der Waals surface area contributed by atoms with Crippen LogP contribution in [0, 0.1) is 6.92 Å². The van der Waals surface area contributed by atoms with Gasteiger partial charge in [-0.15, -0.1) is 0 Å². The largest absolute Gasteiger partial charge is 0.361 e. The monoisotopic (exact) mass is 349 g/mol. The molecular weight excluding hydrogens is 326 g/mol. The van der Waals surface area contributed by atoms with E-state index in [1.54, 1.807) is 6.20 Å². The van der Waals surface area contributed by atoms with Crippen LogP contribution in [0.4, 0.5) is 0 Å². The van der Waals surface area contributed by atoms with Gasteiger partial charge in [0.15, 0.2) is 0 Å². The van der Waals surface area contributed by atoms with Gasteiger partial charge in [0.1, 0.15) is 5.82 Å². The standard InChI is InChI=1S/C20H23N5O/c1-14-21-9-7-16(24-14)13-25-11-3-6-19(20(25)26)23-12-15-4-2-5-18-17(15)8-10-22-18/h2,4-5,7-10,19,22-23H,3,6,11-13H2,1H3. The average molecular weight is 349 g/mol. The van der Waals surface area contributed by atoms with Gasteiger partial charge >= 0.3 is 0 Å². The molecule has 4 rings (SSSR count). The normalized spacial score (nSPS) is 17.8. The third-order valence-electron chi connectivity index (χ3n) is 4.94. The van der Waals surface area contributed by atoms with Crippen molar-refractivity contribution in [3.8, 4) is 0 Å². The van der Waals surface area contributed by atoms with Gasteiger partial charge in [-0.05, 0) is 43.5 Å². The van der Waals surface area contributed by atoms with Crippen molar-refractivity contribution in [1.82, 2.24) is 25.2 Å². The first-order valence-corrected chi connectivity index (χ1v) is 9.06. The zero-order chi connectivity index (χ0) is 17.9. The zero-order valence-corrected chi connectivity index (χ0v) is 14.9. The Labute approximate surface area is 152 Å². The van der Waals surface area contributed by atoms with Crippen molar-refractivity contribution in [3.05, 3.63) is 59.8 Å². The van der Waals surface area contributed by atoms with Gasteiger partial charge in [-0.2, -0.15) is 0 Å². The number of amides is 1. The fourth-order valence-corrected chi connectivity index (χ4v) is 3.61. The molecule has 6 nitrogen and oxygen atoms in total. The van der Waals surface area contributed by atoms with Gasteiger partial charge in [0.2, 0.25) is 5.91 Å². The second-order valence-corrected chi connectivity index (χ2v) is 6.79. The van der Waals surface area contributed by atoms with Gasteiger partial charge < -0.3 is 15.2 Å². The topological polar surface area (TPSA) is 73.9 Å². The summed E-state index contributed by atoms with van der Waals surface area (Å²) in [7, 11) is 0. The van der Waals surface area contributed by atoms with Crippen LogP contribution in [0.1, 0.15) is 29.9 Å². The Bertz CT molecular complexity index is 919. The summed E-state index contributed by atoms with van der Waals surface area (Å²) in [5.41, 5.74) is 3.23. The van der Waals surface area contributed by atoms with Gasteiger partial charge in [-0.3, -0.25) is 4.79 Å². The van der Waals surface area contributed by atoms with E-state index in [1.165, 1.54) is 10.9 Å². The molecule has 6 heteroatoms. The Morgan fingerprint density at radius 1 is 1.31 bits per heavy atom. The lowest BCUT2D eigenvalue weighted by atomic mass is 10.0. The Kier molecular flexibility index (Phi) is 4.67. The second kappa shape index (κ2) is 7.25. The molecule has 2 aromatic heterocycles. The molecule has 3 aromatic rings. The van der Waals surface area contributed by atoms with Gasteiger partial charge in [0.25, 0.3) is 0 Å². The number of H-pyrrole nitrogens is 1. The van der Waals surface area contributed by atoms with Crippen molar-refractivity contribution in [3.63, 3.8) is 0 Å². The quantitative estimate of drug-likeness (QED) is 0.742. The van der Waals surface area contributed by atoms with Gasteiger partial charge in [0.05, 0.1) is 18.3 Å². The third kappa shape index (κ3) is 3.46. The van der Waals surface area contributed by atoms with E-state index < -0.39 is 0 Å². The predicted molar refractivity (Wildman–Crippen MR) is 100 cm³/mol. The molecule has 0 radical (unpaired) electrons. The molecule has 2 N–H and O–H groups in total. The highest BCUT2D eigenvalue weighted by Gasteiger charge is 2.28. The smallest absolute Gasteiger partial charge is 0.240 e. The van der Waals surface area contributed by atoms with E-state index in [-0.39, 0.29) is 11.9 Å². The number of fused-ring (bicyclic) bond motifs is 1. The number of nitrogens with zero attached hydrogens (tertiary/aromatic N) is 3. The Morgan fingerprint density at radius 2 is 2.23 bits per heavy atom. The molecule has 0 spiro atoms. The van der Waals surface area contributed by atoms with Crippen LogP contribution in [0.2, 0.25) is 0 Å². The summed E-state index contributed by atoms with van der Waals surface area (Å²) in [5.74, 6) is 0.898. The van der Waals surface area contributed by atoms with E-state index >= 15 is 0 Å². The lowest BCUT2D eigenvalue weighted by molar-refractivity contribution is -0.136. The molecule has 0 saturated carbocycles. The molecule has 3 heterocycles. The van der Waals surface area contributed by atoms with Crippen LogP contribution < -0.4 is 5.32 Å². The highest BCUT2D eigenvalue weighted by atomic mass is 16.2. The molecule has 1 unspecified atom stereocenters. The zero-order valence-electron chi connectivity index (χ0n) is 14.9. The van der Waals surface area contributed by atoms with Crippen LogP contribution in [0.25, 0.3) is 10.9 Å². The Morgan fingerprint density at radius 3 is 3.12 bits per heavy atom. The Balaban J connectivity index is 1.42.